The Morgan fingerprint density at radius 1 is 1.28 bits per heavy atom. The molecule has 1 N–H and O–H groups in total. The van der Waals surface area contributed by atoms with Crippen molar-refractivity contribution in [3.8, 4) is 5.75 Å². The van der Waals surface area contributed by atoms with Crippen molar-refractivity contribution in [3.63, 3.8) is 0 Å². The highest BCUT2D eigenvalue weighted by Crippen LogP contribution is 2.25. The molecule has 0 unspecified atom stereocenters. The first-order valence-corrected chi connectivity index (χ1v) is 6.77. The van der Waals surface area contributed by atoms with Crippen LogP contribution < -0.4 is 4.74 Å². The van der Waals surface area contributed by atoms with Crippen LogP contribution in [-0.4, -0.2) is 17.5 Å². The van der Waals surface area contributed by atoms with Crippen LogP contribution in [0.2, 0.25) is 0 Å². The van der Waals surface area contributed by atoms with Gasteiger partial charge < -0.3 is 9.94 Å². The van der Waals surface area contributed by atoms with Crippen LogP contribution in [-0.2, 0) is 0 Å². The van der Waals surface area contributed by atoms with Gasteiger partial charge in [-0.25, -0.2) is 0 Å². The Balaban J connectivity index is 1.90. The van der Waals surface area contributed by atoms with Crippen LogP contribution in [0.4, 0.5) is 0 Å². The van der Waals surface area contributed by atoms with Crippen molar-refractivity contribution < 1.29 is 9.94 Å². The quantitative estimate of drug-likeness (QED) is 0.488. The summed E-state index contributed by atoms with van der Waals surface area (Å²) in [6.45, 7) is 2.80. The first kappa shape index (κ1) is 12.9. The lowest BCUT2D eigenvalue weighted by atomic mass is 10.1. The molecule has 18 heavy (non-hydrogen) atoms. The van der Waals surface area contributed by atoms with E-state index < -0.39 is 0 Å². The smallest absolute Gasteiger partial charge is 0.119 e. The van der Waals surface area contributed by atoms with E-state index in [1.165, 1.54) is 25.7 Å². The van der Waals surface area contributed by atoms with E-state index in [1.54, 1.807) is 0 Å². The predicted octanol–water partition coefficient (Wildman–Crippen LogP) is 3.84. The van der Waals surface area contributed by atoms with Gasteiger partial charge in [0.25, 0.3) is 0 Å². The SMILES string of the molecule is CCC(=NO)c1ccc(OCC2CCCC2)cc1. The van der Waals surface area contributed by atoms with Crippen LogP contribution in [0, 0.1) is 5.92 Å². The lowest BCUT2D eigenvalue weighted by Gasteiger charge is -2.11. The van der Waals surface area contributed by atoms with Crippen molar-refractivity contribution >= 4 is 5.71 Å². The average Bonchev–Trinajstić information content (AvgIpc) is 2.92. The molecular formula is C15H21NO2. The van der Waals surface area contributed by atoms with Gasteiger partial charge in [0, 0.05) is 0 Å². The van der Waals surface area contributed by atoms with Crippen LogP contribution in [0.5, 0.6) is 5.75 Å². The van der Waals surface area contributed by atoms with Gasteiger partial charge >= 0.3 is 0 Å². The first-order chi connectivity index (χ1) is 8.83. The normalized spacial score (nSPS) is 17.1. The highest BCUT2D eigenvalue weighted by Gasteiger charge is 2.15. The Labute approximate surface area is 108 Å². The molecule has 0 aliphatic heterocycles. The van der Waals surface area contributed by atoms with Gasteiger partial charge in [-0.05, 0) is 55.0 Å². The summed E-state index contributed by atoms with van der Waals surface area (Å²) in [5, 5.41) is 12.1. The minimum Gasteiger partial charge on any atom is -0.493 e. The molecule has 0 aromatic heterocycles. The van der Waals surface area contributed by atoms with Crippen molar-refractivity contribution in [2.75, 3.05) is 6.61 Å². The summed E-state index contributed by atoms with van der Waals surface area (Å²) >= 11 is 0. The van der Waals surface area contributed by atoms with Crippen molar-refractivity contribution in [1.29, 1.82) is 0 Å². The number of hydrogen-bond donors (Lipinski definition) is 1. The zero-order chi connectivity index (χ0) is 12.8. The Morgan fingerprint density at radius 3 is 2.50 bits per heavy atom. The van der Waals surface area contributed by atoms with Gasteiger partial charge in [0.15, 0.2) is 0 Å². The fraction of sp³-hybridized carbons (Fsp3) is 0.533. The van der Waals surface area contributed by atoms with Gasteiger partial charge in [0.1, 0.15) is 5.75 Å². The maximum Gasteiger partial charge on any atom is 0.119 e. The second-order valence-electron chi connectivity index (χ2n) is 4.89. The third-order valence-corrected chi connectivity index (χ3v) is 3.60. The lowest BCUT2D eigenvalue weighted by molar-refractivity contribution is 0.252. The molecule has 1 aromatic rings. The van der Waals surface area contributed by atoms with Crippen LogP contribution in [0.3, 0.4) is 0 Å². The van der Waals surface area contributed by atoms with Gasteiger partial charge in [-0.1, -0.05) is 24.9 Å². The molecular weight excluding hydrogens is 226 g/mol. The minimum absolute atomic E-state index is 0.706. The van der Waals surface area contributed by atoms with Gasteiger partial charge in [0.05, 0.1) is 12.3 Å². The second kappa shape index (κ2) is 6.43. The maximum absolute atomic E-state index is 8.85. The first-order valence-electron chi connectivity index (χ1n) is 6.77. The molecule has 0 heterocycles. The highest BCUT2D eigenvalue weighted by atomic mass is 16.5. The summed E-state index contributed by atoms with van der Waals surface area (Å²) in [4.78, 5) is 0. The molecule has 3 nitrogen and oxygen atoms in total. The van der Waals surface area contributed by atoms with Crippen molar-refractivity contribution in [2.45, 2.75) is 39.0 Å². The summed E-state index contributed by atoms with van der Waals surface area (Å²) in [7, 11) is 0. The molecule has 1 aromatic carbocycles. The van der Waals surface area contributed by atoms with E-state index in [0.717, 1.165) is 30.3 Å². The number of ether oxygens (including phenoxy) is 1. The third kappa shape index (κ3) is 3.25. The maximum atomic E-state index is 8.85. The molecule has 1 aliphatic carbocycles. The van der Waals surface area contributed by atoms with E-state index in [0.29, 0.717) is 5.71 Å². The number of nitrogens with zero attached hydrogens (tertiary/aromatic N) is 1. The predicted molar refractivity (Wildman–Crippen MR) is 72.5 cm³/mol. The van der Waals surface area contributed by atoms with E-state index in [9.17, 15) is 0 Å². The Kier molecular flexibility index (Phi) is 4.62. The summed E-state index contributed by atoms with van der Waals surface area (Å²) in [6, 6.07) is 7.79. The fourth-order valence-electron chi connectivity index (χ4n) is 2.47. The molecule has 1 fully saturated rings. The summed E-state index contributed by atoms with van der Waals surface area (Å²) in [6.07, 6.45) is 6.02. The molecule has 2 rings (SSSR count). The molecule has 0 saturated heterocycles. The van der Waals surface area contributed by atoms with Gasteiger partial charge in [-0.3, -0.25) is 0 Å². The zero-order valence-corrected chi connectivity index (χ0v) is 10.9. The largest absolute Gasteiger partial charge is 0.493 e. The Hall–Kier alpha value is -1.51. The summed E-state index contributed by atoms with van der Waals surface area (Å²) in [5.41, 5.74) is 1.66. The van der Waals surface area contributed by atoms with E-state index in [2.05, 4.69) is 5.16 Å². The molecule has 3 heteroatoms. The standard InChI is InChI=1S/C15H21NO2/c1-2-15(16-17)13-7-9-14(10-8-13)18-11-12-5-3-4-6-12/h7-10,12,17H,2-6,11H2,1H3. The number of benzene rings is 1. The summed E-state index contributed by atoms with van der Waals surface area (Å²) in [5.74, 6) is 1.63. The molecule has 1 aliphatic rings. The average molecular weight is 247 g/mol. The lowest BCUT2D eigenvalue weighted by Crippen LogP contribution is -2.08. The number of hydrogen-bond acceptors (Lipinski definition) is 3. The molecule has 1 saturated carbocycles. The monoisotopic (exact) mass is 247 g/mol. The van der Waals surface area contributed by atoms with Crippen molar-refractivity contribution in [3.05, 3.63) is 29.8 Å². The molecule has 0 spiro atoms. The second-order valence-corrected chi connectivity index (χ2v) is 4.89. The number of oxime groups is 1. The third-order valence-electron chi connectivity index (χ3n) is 3.60. The molecule has 0 radical (unpaired) electrons. The van der Waals surface area contributed by atoms with E-state index in [-0.39, 0.29) is 0 Å². The Morgan fingerprint density at radius 2 is 1.94 bits per heavy atom. The fourth-order valence-corrected chi connectivity index (χ4v) is 2.47. The van der Waals surface area contributed by atoms with Gasteiger partial charge in [-0.2, -0.15) is 0 Å². The van der Waals surface area contributed by atoms with E-state index in [4.69, 9.17) is 9.94 Å². The van der Waals surface area contributed by atoms with Gasteiger partial charge in [-0.15, -0.1) is 0 Å². The molecule has 0 bridgehead atoms. The molecule has 98 valence electrons. The Bertz CT molecular complexity index is 391. The van der Waals surface area contributed by atoms with Crippen LogP contribution >= 0.6 is 0 Å². The zero-order valence-electron chi connectivity index (χ0n) is 10.9. The van der Waals surface area contributed by atoms with E-state index >= 15 is 0 Å². The molecule has 0 atom stereocenters. The topological polar surface area (TPSA) is 41.8 Å². The van der Waals surface area contributed by atoms with E-state index in [1.807, 2.05) is 31.2 Å². The van der Waals surface area contributed by atoms with Gasteiger partial charge in [0.2, 0.25) is 0 Å². The number of rotatable bonds is 5. The van der Waals surface area contributed by atoms with Crippen LogP contribution in [0.1, 0.15) is 44.6 Å². The minimum atomic E-state index is 0.706. The molecule has 0 amide bonds. The summed E-state index contributed by atoms with van der Waals surface area (Å²) < 4.78 is 5.79. The van der Waals surface area contributed by atoms with Crippen molar-refractivity contribution in [1.82, 2.24) is 0 Å². The van der Waals surface area contributed by atoms with Crippen molar-refractivity contribution in [2.24, 2.45) is 11.1 Å². The highest BCUT2D eigenvalue weighted by molar-refractivity contribution is 6.00. The van der Waals surface area contributed by atoms with Crippen LogP contribution in [0.15, 0.2) is 29.4 Å². The van der Waals surface area contributed by atoms with Crippen LogP contribution in [0.25, 0.3) is 0 Å².